The smallest absolute Gasteiger partial charge is 0.264 e. The molecule has 1 unspecified atom stereocenters. The molecule has 4 heterocycles. The van der Waals surface area contributed by atoms with E-state index in [9.17, 15) is 19.8 Å². The Labute approximate surface area is 231 Å². The summed E-state index contributed by atoms with van der Waals surface area (Å²) in [7, 11) is 0. The average Bonchev–Trinajstić information content (AvgIpc) is 3.79. The molecule has 206 valence electrons. The van der Waals surface area contributed by atoms with Crippen LogP contribution in [0.3, 0.4) is 0 Å². The van der Waals surface area contributed by atoms with Crippen LogP contribution in [0.4, 0.5) is 5.82 Å². The summed E-state index contributed by atoms with van der Waals surface area (Å²) in [6, 6.07) is 11.0. The summed E-state index contributed by atoms with van der Waals surface area (Å²) < 4.78 is -0.175. The lowest BCUT2D eigenvalue weighted by Gasteiger charge is -2.33. The number of aliphatic hydroxyl groups excluding tert-OH is 2. The molecule has 1 aromatic heterocycles. The van der Waals surface area contributed by atoms with Crippen LogP contribution >= 0.6 is 0 Å². The monoisotopic (exact) mass is 542 g/mol. The quantitative estimate of drug-likeness (QED) is 0.310. The molecule has 11 heteroatoms. The Bertz CT molecular complexity index is 1460. The highest BCUT2D eigenvalue weighted by Crippen LogP contribution is 2.40. The summed E-state index contributed by atoms with van der Waals surface area (Å²) >= 11 is 0. The first kappa shape index (κ1) is 26.2. The van der Waals surface area contributed by atoms with Crippen molar-refractivity contribution in [1.29, 1.82) is 0 Å². The van der Waals surface area contributed by atoms with Crippen molar-refractivity contribution in [2.24, 2.45) is 21.7 Å². The average molecular weight is 543 g/mol. The lowest BCUT2D eigenvalue weighted by Crippen LogP contribution is -2.53. The van der Waals surface area contributed by atoms with Crippen molar-refractivity contribution < 1.29 is 24.4 Å². The molecule has 2 aromatic rings. The third-order valence-electron chi connectivity index (χ3n) is 7.88. The zero-order chi connectivity index (χ0) is 27.9. The maximum absolute atomic E-state index is 12.9. The van der Waals surface area contributed by atoms with Crippen LogP contribution in [0.25, 0.3) is 0 Å². The van der Waals surface area contributed by atoms with E-state index in [1.807, 2.05) is 24.3 Å². The number of aliphatic hydroxyl groups is 2. The lowest BCUT2D eigenvalue weighted by atomic mass is 9.93. The number of benzene rings is 1. The summed E-state index contributed by atoms with van der Waals surface area (Å²) in [6.45, 7) is 0.248. The molecule has 5 N–H and O–H groups in total. The molecule has 3 aliphatic heterocycles. The number of likely N-dealkylation sites (tertiary alicyclic amines) is 1. The number of amidine groups is 1. The number of fused-ring (bicyclic) bond motifs is 1. The highest BCUT2D eigenvalue weighted by atomic mass is 16.3. The Morgan fingerprint density at radius 2 is 1.95 bits per heavy atom. The highest BCUT2D eigenvalue weighted by Gasteiger charge is 2.46. The highest BCUT2D eigenvalue weighted by molar-refractivity contribution is 6.05. The molecule has 40 heavy (non-hydrogen) atoms. The maximum Gasteiger partial charge on any atom is 0.264 e. The number of carbonyl (C=O) groups excluding carboxylic acids is 2. The number of allylic oxidation sites excluding steroid dienone is 1. The predicted molar refractivity (Wildman–Crippen MR) is 149 cm³/mol. The molecular weight excluding hydrogens is 510 g/mol. The van der Waals surface area contributed by atoms with E-state index < -0.39 is 18.6 Å². The van der Waals surface area contributed by atoms with Crippen molar-refractivity contribution in [3.8, 4) is 0 Å². The first-order chi connectivity index (χ1) is 19.4. The van der Waals surface area contributed by atoms with Crippen molar-refractivity contribution in [3.63, 3.8) is 0 Å². The van der Waals surface area contributed by atoms with Gasteiger partial charge in [-0.05, 0) is 73.6 Å². The van der Waals surface area contributed by atoms with Crippen molar-refractivity contribution in [2.75, 3.05) is 25.0 Å². The fourth-order valence-electron chi connectivity index (χ4n) is 5.54. The van der Waals surface area contributed by atoms with Gasteiger partial charge in [0.1, 0.15) is 17.7 Å². The molecule has 2 fully saturated rings. The minimum atomic E-state index is -1.43. The molecule has 3 atom stereocenters. The number of carbonyl (C=O) groups is 2. The fraction of sp³-hybridized carbons (Fsp3) is 0.345. The summed E-state index contributed by atoms with van der Waals surface area (Å²) in [5.74, 6) is 7.70. The zero-order valence-electron chi connectivity index (χ0n) is 22.0. The summed E-state index contributed by atoms with van der Waals surface area (Å²) in [4.78, 5) is 40.6. The third-order valence-corrected chi connectivity index (χ3v) is 7.88. The van der Waals surface area contributed by atoms with Crippen LogP contribution in [0, 0.1) is 5.92 Å². The zero-order valence-corrected chi connectivity index (χ0v) is 22.0. The Morgan fingerprint density at radius 1 is 1.15 bits per heavy atom. The van der Waals surface area contributed by atoms with Crippen molar-refractivity contribution in [2.45, 2.75) is 37.7 Å². The molecule has 0 radical (unpaired) electrons. The van der Waals surface area contributed by atoms with Crippen molar-refractivity contribution >= 4 is 29.7 Å². The van der Waals surface area contributed by atoms with E-state index in [1.54, 1.807) is 41.8 Å². The van der Waals surface area contributed by atoms with Gasteiger partial charge in [0.25, 0.3) is 17.6 Å². The minimum absolute atomic E-state index is 0.112. The number of quaternary nitrogens is 1. The molecule has 2 amide bonds. The van der Waals surface area contributed by atoms with Gasteiger partial charge in [0.2, 0.25) is 5.70 Å². The van der Waals surface area contributed by atoms with Crippen LogP contribution in [-0.4, -0.2) is 74.4 Å². The van der Waals surface area contributed by atoms with E-state index in [0.717, 1.165) is 24.1 Å². The van der Waals surface area contributed by atoms with Gasteiger partial charge in [0, 0.05) is 30.8 Å². The molecule has 1 aromatic carbocycles. The number of amides is 2. The molecule has 0 spiro atoms. The van der Waals surface area contributed by atoms with Crippen LogP contribution in [0.1, 0.15) is 53.1 Å². The number of nitrogens with two attached hydrogens (primary N) is 1. The van der Waals surface area contributed by atoms with Gasteiger partial charge in [0.05, 0.1) is 24.6 Å². The van der Waals surface area contributed by atoms with Crippen LogP contribution in [0.2, 0.25) is 0 Å². The van der Waals surface area contributed by atoms with Gasteiger partial charge in [-0.3, -0.25) is 14.6 Å². The molecule has 11 nitrogen and oxygen atoms in total. The van der Waals surface area contributed by atoms with Gasteiger partial charge >= 0.3 is 0 Å². The van der Waals surface area contributed by atoms with E-state index in [4.69, 9.17) is 10.8 Å². The number of aromatic nitrogens is 1. The van der Waals surface area contributed by atoms with Crippen LogP contribution in [0.5, 0.6) is 0 Å². The molecule has 1 saturated heterocycles. The van der Waals surface area contributed by atoms with Crippen LogP contribution in [-0.2, 0) is 4.79 Å². The largest absolute Gasteiger partial charge is 0.393 e. The second-order valence-corrected chi connectivity index (χ2v) is 10.7. The molecular formula is C29H32N7O4+. The summed E-state index contributed by atoms with van der Waals surface area (Å²) in [5.41, 5.74) is 3.88. The number of aliphatic imine (C=N–C) groups is 2. The number of hydrogen-bond donors (Lipinski definition) is 4. The van der Waals surface area contributed by atoms with Gasteiger partial charge in [-0.1, -0.05) is 0 Å². The minimum Gasteiger partial charge on any atom is -0.393 e. The second kappa shape index (κ2) is 10.5. The van der Waals surface area contributed by atoms with E-state index in [1.165, 1.54) is 18.4 Å². The molecule has 6 rings (SSSR count). The maximum atomic E-state index is 12.9. The van der Waals surface area contributed by atoms with Crippen molar-refractivity contribution in [3.05, 3.63) is 83.1 Å². The lowest BCUT2D eigenvalue weighted by molar-refractivity contribution is -0.750. The van der Waals surface area contributed by atoms with Crippen LogP contribution in [0.15, 0.2) is 76.4 Å². The molecule has 4 aliphatic rings. The first-order valence-corrected chi connectivity index (χ1v) is 13.5. The summed E-state index contributed by atoms with van der Waals surface area (Å²) in [5, 5.41) is 22.0. The number of rotatable bonds is 7. The molecule has 0 bridgehead atoms. The molecule has 1 aliphatic carbocycles. The third kappa shape index (κ3) is 4.88. The standard InChI is InChI=1S/C29H31N7O4/c30-36-13-11-31-15-23(36)26(22-2-1-12-35(16-22)29(40)24(38)17-37)34-27(36)19-5-7-20(8-6-19)28(39)33-25-14-21(9-10-32-25)18-3-4-18/h5-11,13-15,18,22,24,37-38H,1-4,12,16-17,30H2/p+1/t22-,24-,36?/m1/s1. The number of nitrogens with one attached hydrogen (secondary N) is 1. The van der Waals surface area contributed by atoms with Gasteiger partial charge in [-0.2, -0.15) is 10.8 Å². The van der Waals surface area contributed by atoms with Gasteiger partial charge < -0.3 is 20.4 Å². The Morgan fingerprint density at radius 3 is 2.70 bits per heavy atom. The van der Waals surface area contributed by atoms with E-state index in [2.05, 4.69) is 15.3 Å². The first-order valence-electron chi connectivity index (χ1n) is 13.5. The number of pyridine rings is 1. The van der Waals surface area contributed by atoms with Crippen LogP contribution < -0.4 is 11.2 Å². The number of piperidine rings is 1. The molecule has 1 saturated carbocycles. The van der Waals surface area contributed by atoms with Gasteiger partial charge in [0.15, 0.2) is 6.10 Å². The second-order valence-electron chi connectivity index (χ2n) is 10.7. The predicted octanol–water partition coefficient (Wildman–Crippen LogP) is 2.02. The number of anilines is 1. The number of nitrogens with zero attached hydrogens (tertiary/aromatic N) is 5. The fourth-order valence-corrected chi connectivity index (χ4v) is 5.54. The van der Waals surface area contributed by atoms with E-state index >= 15 is 0 Å². The normalized spacial score (nSPS) is 24.5. The Kier molecular flexibility index (Phi) is 6.88. The van der Waals surface area contributed by atoms with Crippen molar-refractivity contribution in [1.82, 2.24) is 9.88 Å². The Hall–Kier alpha value is -4.03. The summed E-state index contributed by atoms with van der Waals surface area (Å²) in [6.07, 6.45) is 9.23. The number of hydrogen-bond acceptors (Lipinski definition) is 8. The van der Waals surface area contributed by atoms with E-state index in [0.29, 0.717) is 41.9 Å². The Balaban J connectivity index is 1.23. The van der Waals surface area contributed by atoms with E-state index in [-0.39, 0.29) is 16.4 Å². The van der Waals surface area contributed by atoms with Gasteiger partial charge in [-0.15, -0.1) is 4.59 Å². The van der Waals surface area contributed by atoms with Gasteiger partial charge in [-0.25, -0.2) is 4.98 Å². The SMILES string of the molecule is N[N+]12C=CN=CC1=C([C@@H]1CCCN(C(=O)[C@H](O)CO)C1)N=C2c1ccc(C(=O)Nc2cc(C3CC3)ccn2)cc1. The topological polar surface area (TPSA) is 154 Å².